The lowest BCUT2D eigenvalue weighted by molar-refractivity contribution is -0.480. The van der Waals surface area contributed by atoms with Gasteiger partial charge in [-0.05, 0) is 48.7 Å². The Morgan fingerprint density at radius 3 is 1.84 bits per heavy atom. The van der Waals surface area contributed by atoms with Crippen LogP contribution in [-0.4, -0.2) is 24.6 Å². The van der Waals surface area contributed by atoms with Crippen molar-refractivity contribution in [3.05, 3.63) is 106 Å². The van der Waals surface area contributed by atoms with Gasteiger partial charge in [0.05, 0.1) is 0 Å². The van der Waals surface area contributed by atoms with Crippen molar-refractivity contribution in [2.75, 3.05) is 29.0 Å². The molecule has 1 aliphatic heterocycles. The Hall–Kier alpha value is -3.11. The molecule has 0 bridgehead atoms. The highest BCUT2D eigenvalue weighted by Gasteiger charge is 2.50. The first-order valence-electron chi connectivity index (χ1n) is 10.4. The van der Waals surface area contributed by atoms with Gasteiger partial charge in [-0.3, -0.25) is 14.7 Å². The summed E-state index contributed by atoms with van der Waals surface area (Å²) in [5, 5.41) is 11.8. The summed E-state index contributed by atoms with van der Waals surface area (Å²) in [5.41, 5.74) is 2.58. The van der Waals surface area contributed by atoms with Crippen molar-refractivity contribution in [1.82, 2.24) is 0 Å². The minimum atomic E-state index is -3.47. The lowest BCUT2D eigenvalue weighted by Crippen LogP contribution is -2.42. The van der Waals surface area contributed by atoms with Crippen LogP contribution in [0, 0.1) is 17.0 Å². The maximum Gasteiger partial charge on any atom is 0.276 e. The Morgan fingerprint density at radius 1 is 0.871 bits per heavy atom. The van der Waals surface area contributed by atoms with Gasteiger partial charge in [-0.1, -0.05) is 60.7 Å². The van der Waals surface area contributed by atoms with Crippen LogP contribution in [0.1, 0.15) is 23.2 Å². The topological polar surface area (TPSA) is 66.7 Å². The Kier molecular flexibility index (Phi) is 6.10. The lowest BCUT2D eigenvalue weighted by Gasteiger charge is -2.48. The molecular weight excluding hydrogens is 409 g/mol. The monoisotopic (exact) mass is 435 g/mol. The molecule has 0 N–H and O–H groups in total. The van der Waals surface area contributed by atoms with Crippen LogP contribution in [-0.2, 0) is 4.57 Å². The third-order valence-corrected chi connectivity index (χ3v) is 9.31. The van der Waals surface area contributed by atoms with Gasteiger partial charge in [0.1, 0.15) is 5.66 Å². The Labute approximate surface area is 182 Å². The molecule has 1 heterocycles. The van der Waals surface area contributed by atoms with Crippen LogP contribution < -0.4 is 9.34 Å². The molecule has 6 nitrogen and oxygen atoms in total. The van der Waals surface area contributed by atoms with Crippen LogP contribution in [0.2, 0.25) is 0 Å². The molecule has 1 aliphatic rings. The molecule has 0 saturated carbocycles. The molecule has 0 aliphatic carbocycles. The van der Waals surface area contributed by atoms with Gasteiger partial charge in [0.25, 0.3) is 7.44 Å². The second-order valence-corrected chi connectivity index (χ2v) is 10.5. The van der Waals surface area contributed by atoms with E-state index in [9.17, 15) is 10.1 Å². The molecule has 0 radical (unpaired) electrons. The first-order valence-corrected chi connectivity index (χ1v) is 12.1. The highest BCUT2D eigenvalue weighted by Crippen LogP contribution is 2.68. The second kappa shape index (κ2) is 8.94. The van der Waals surface area contributed by atoms with E-state index in [-0.39, 0.29) is 4.92 Å². The Balaban J connectivity index is 1.94. The molecule has 160 valence electrons. The lowest BCUT2D eigenvalue weighted by atomic mass is 10.1. The minimum Gasteiger partial charge on any atom is -0.306 e. The molecule has 3 aromatic carbocycles. The van der Waals surface area contributed by atoms with Gasteiger partial charge in [0, 0.05) is 29.4 Å². The predicted octanol–water partition coefficient (Wildman–Crippen LogP) is 5.92. The number of hydrogen-bond acceptors (Lipinski definition) is 3. The SMILES string of the molecule is Cc1ccccc1C(C[N+](=O)[O-])P1(=O)N(c2ccccc2)CCCN1c1ccccc1. The maximum atomic E-state index is 15.2. The van der Waals surface area contributed by atoms with Crippen LogP contribution >= 0.6 is 7.44 Å². The van der Waals surface area contributed by atoms with E-state index >= 15 is 4.57 Å². The van der Waals surface area contributed by atoms with Gasteiger partial charge >= 0.3 is 0 Å². The molecule has 0 aromatic heterocycles. The van der Waals surface area contributed by atoms with E-state index in [1.807, 2.05) is 101 Å². The van der Waals surface area contributed by atoms with Gasteiger partial charge < -0.3 is 9.34 Å². The fourth-order valence-electron chi connectivity index (χ4n) is 4.40. The second-order valence-electron chi connectivity index (χ2n) is 7.75. The number of nitro groups is 1. The Morgan fingerprint density at radius 2 is 1.35 bits per heavy atom. The largest absolute Gasteiger partial charge is 0.306 e. The number of benzene rings is 3. The number of nitrogens with zero attached hydrogens (tertiary/aromatic N) is 3. The summed E-state index contributed by atoms with van der Waals surface area (Å²) in [7, 11) is -3.47. The number of aryl methyl sites for hydroxylation is 1. The smallest absolute Gasteiger partial charge is 0.276 e. The summed E-state index contributed by atoms with van der Waals surface area (Å²) in [5.74, 6) is 0. The summed E-state index contributed by atoms with van der Waals surface area (Å²) in [6.07, 6.45) is 0.812. The summed E-state index contributed by atoms with van der Waals surface area (Å²) in [6, 6.07) is 26.8. The van der Waals surface area contributed by atoms with Gasteiger partial charge in [-0.25, -0.2) is 0 Å². The third kappa shape index (κ3) is 4.08. The van der Waals surface area contributed by atoms with Crippen LogP contribution in [0.5, 0.6) is 0 Å². The number of anilines is 2. The van der Waals surface area contributed by atoms with Gasteiger partial charge in [-0.2, -0.15) is 0 Å². The third-order valence-electron chi connectivity index (χ3n) is 5.82. The zero-order chi connectivity index (χ0) is 21.8. The number of hydrogen-bond donors (Lipinski definition) is 0. The van der Waals surface area contributed by atoms with Crippen molar-refractivity contribution in [3.8, 4) is 0 Å². The van der Waals surface area contributed by atoms with Crippen molar-refractivity contribution >= 4 is 18.8 Å². The van der Waals surface area contributed by atoms with Crippen LogP contribution in [0.15, 0.2) is 84.9 Å². The zero-order valence-electron chi connectivity index (χ0n) is 17.5. The summed E-state index contributed by atoms with van der Waals surface area (Å²) >= 11 is 0. The van der Waals surface area contributed by atoms with Crippen molar-refractivity contribution in [1.29, 1.82) is 0 Å². The molecule has 1 unspecified atom stereocenters. The molecule has 1 atom stereocenters. The van der Waals surface area contributed by atoms with Crippen molar-refractivity contribution < 1.29 is 9.49 Å². The van der Waals surface area contributed by atoms with E-state index in [1.165, 1.54) is 0 Å². The summed E-state index contributed by atoms with van der Waals surface area (Å²) in [4.78, 5) is 11.5. The fraction of sp³-hybridized carbons (Fsp3) is 0.250. The van der Waals surface area contributed by atoms with E-state index < -0.39 is 19.6 Å². The minimum absolute atomic E-state index is 0.336. The quantitative estimate of drug-likeness (QED) is 0.273. The van der Waals surface area contributed by atoms with Crippen molar-refractivity contribution in [2.45, 2.75) is 19.0 Å². The highest BCUT2D eigenvalue weighted by atomic mass is 31.2. The first kappa shape index (κ1) is 21.1. The van der Waals surface area contributed by atoms with E-state index in [1.54, 1.807) is 0 Å². The number of rotatable bonds is 6. The molecule has 4 rings (SSSR count). The van der Waals surface area contributed by atoms with E-state index in [2.05, 4.69) is 0 Å². The molecule has 0 spiro atoms. The predicted molar refractivity (Wildman–Crippen MR) is 126 cm³/mol. The molecule has 1 saturated heterocycles. The fourth-order valence-corrected chi connectivity index (χ4v) is 8.12. The average molecular weight is 435 g/mol. The van der Waals surface area contributed by atoms with Gasteiger partial charge in [-0.15, -0.1) is 0 Å². The standard InChI is InChI=1S/C24H26N3O3P/c1-20-11-8-9-16-23(20)24(19-27(28)29)31(30)25(21-12-4-2-5-13-21)17-10-18-26(31)22-14-6-3-7-15-22/h2-9,11-16,24H,10,17-19H2,1H3. The summed E-state index contributed by atoms with van der Waals surface area (Å²) in [6.45, 7) is 2.71. The molecule has 3 aromatic rings. The molecule has 1 fully saturated rings. The first-order chi connectivity index (χ1) is 15.0. The molecule has 7 heteroatoms. The number of para-hydroxylation sites is 2. The maximum absolute atomic E-state index is 15.2. The van der Waals surface area contributed by atoms with E-state index in [0.717, 1.165) is 28.9 Å². The average Bonchev–Trinajstić information content (AvgIpc) is 2.79. The normalized spacial score (nSPS) is 16.7. The van der Waals surface area contributed by atoms with Crippen LogP contribution in [0.4, 0.5) is 11.4 Å². The highest BCUT2D eigenvalue weighted by molar-refractivity contribution is 7.67. The van der Waals surface area contributed by atoms with E-state index in [4.69, 9.17) is 0 Å². The molecule has 31 heavy (non-hydrogen) atoms. The van der Waals surface area contributed by atoms with Crippen molar-refractivity contribution in [3.63, 3.8) is 0 Å². The summed E-state index contributed by atoms with van der Waals surface area (Å²) < 4.78 is 19.1. The van der Waals surface area contributed by atoms with E-state index in [0.29, 0.717) is 13.1 Å². The van der Waals surface area contributed by atoms with Gasteiger partial charge in [0.2, 0.25) is 6.54 Å². The van der Waals surface area contributed by atoms with Crippen molar-refractivity contribution in [2.24, 2.45) is 0 Å². The van der Waals surface area contributed by atoms with Gasteiger partial charge in [0.15, 0.2) is 0 Å². The van der Waals surface area contributed by atoms with Crippen LogP contribution in [0.25, 0.3) is 0 Å². The zero-order valence-corrected chi connectivity index (χ0v) is 18.4. The Bertz CT molecular complexity index is 1040. The molecule has 0 amide bonds. The molecular formula is C24H26N3O3P. The van der Waals surface area contributed by atoms with Crippen LogP contribution in [0.3, 0.4) is 0 Å².